The minimum atomic E-state index is 0.766. The summed E-state index contributed by atoms with van der Waals surface area (Å²) in [6.07, 6.45) is 12.9. The van der Waals surface area contributed by atoms with Crippen molar-refractivity contribution < 1.29 is 0 Å². The van der Waals surface area contributed by atoms with Crippen molar-refractivity contribution in [1.29, 1.82) is 0 Å². The summed E-state index contributed by atoms with van der Waals surface area (Å²) >= 11 is 0. The minimum absolute atomic E-state index is 0.766. The summed E-state index contributed by atoms with van der Waals surface area (Å²) in [5.41, 5.74) is 3.19. The molecule has 1 aromatic rings. The van der Waals surface area contributed by atoms with Gasteiger partial charge in [0.2, 0.25) is 0 Å². The van der Waals surface area contributed by atoms with Gasteiger partial charge >= 0.3 is 0 Å². The molecule has 3 nitrogen and oxygen atoms in total. The van der Waals surface area contributed by atoms with Crippen LogP contribution in [0, 0.1) is 19.3 Å². The zero-order chi connectivity index (χ0) is 14.7. The van der Waals surface area contributed by atoms with E-state index in [1.807, 2.05) is 0 Å². The van der Waals surface area contributed by atoms with Crippen LogP contribution in [0.5, 0.6) is 0 Å². The summed E-state index contributed by atoms with van der Waals surface area (Å²) in [4.78, 5) is 0. The molecular weight excluding hydrogens is 258 g/mol. The number of nitrogens with zero attached hydrogens (tertiary/aromatic N) is 2. The quantitative estimate of drug-likeness (QED) is 0.831. The maximum absolute atomic E-state index is 4.53. The molecule has 21 heavy (non-hydrogen) atoms. The number of hydrogen-bond donors (Lipinski definition) is 1. The second-order valence-electron chi connectivity index (χ2n) is 7.44. The van der Waals surface area contributed by atoms with Crippen LogP contribution in [0.3, 0.4) is 0 Å². The van der Waals surface area contributed by atoms with Gasteiger partial charge < -0.3 is 5.32 Å². The molecular formula is C18H31N3. The van der Waals surface area contributed by atoms with E-state index in [0.29, 0.717) is 0 Å². The van der Waals surface area contributed by atoms with Crippen LogP contribution in [-0.2, 0) is 6.54 Å². The molecule has 1 aromatic heterocycles. The summed E-state index contributed by atoms with van der Waals surface area (Å²) in [5, 5.41) is 8.31. The molecule has 1 spiro atoms. The van der Waals surface area contributed by atoms with Crippen LogP contribution in [0.15, 0.2) is 6.07 Å². The van der Waals surface area contributed by atoms with Gasteiger partial charge in [0.1, 0.15) is 0 Å². The van der Waals surface area contributed by atoms with Crippen molar-refractivity contribution in [3.8, 4) is 0 Å². The highest BCUT2D eigenvalue weighted by Crippen LogP contribution is 2.48. The fraction of sp³-hybridized carbons (Fsp3) is 0.833. The third-order valence-corrected chi connectivity index (χ3v) is 5.79. The summed E-state index contributed by atoms with van der Waals surface area (Å²) < 4.78 is 2.14. The maximum Gasteiger partial charge on any atom is 0.0596 e. The van der Waals surface area contributed by atoms with E-state index in [1.165, 1.54) is 63.5 Å². The molecule has 0 bridgehead atoms. The normalized spacial score (nSPS) is 22.2. The second-order valence-corrected chi connectivity index (χ2v) is 7.44. The first-order valence-corrected chi connectivity index (χ1v) is 8.91. The van der Waals surface area contributed by atoms with Gasteiger partial charge in [-0.3, -0.25) is 4.68 Å². The van der Waals surface area contributed by atoms with Gasteiger partial charge in [-0.15, -0.1) is 0 Å². The van der Waals surface area contributed by atoms with Crippen molar-refractivity contribution in [2.45, 2.75) is 84.2 Å². The first kappa shape index (κ1) is 15.1. The van der Waals surface area contributed by atoms with Crippen molar-refractivity contribution in [2.24, 2.45) is 5.41 Å². The summed E-state index contributed by atoms with van der Waals surface area (Å²) in [5.74, 6) is 0. The smallest absolute Gasteiger partial charge is 0.0596 e. The first-order valence-electron chi connectivity index (χ1n) is 8.91. The van der Waals surface area contributed by atoms with Crippen LogP contribution < -0.4 is 5.32 Å². The molecule has 0 aromatic carbocycles. The second kappa shape index (κ2) is 6.51. The van der Waals surface area contributed by atoms with Crippen molar-refractivity contribution in [2.75, 3.05) is 6.54 Å². The molecule has 0 saturated heterocycles. The molecule has 0 atom stereocenters. The summed E-state index contributed by atoms with van der Waals surface area (Å²) in [6.45, 7) is 6.40. The zero-order valence-electron chi connectivity index (χ0n) is 13.8. The summed E-state index contributed by atoms with van der Waals surface area (Å²) in [6, 6.07) is 2.94. The fourth-order valence-electron chi connectivity index (χ4n) is 4.50. The van der Waals surface area contributed by atoms with Gasteiger partial charge in [-0.2, -0.15) is 5.10 Å². The van der Waals surface area contributed by atoms with E-state index < -0.39 is 0 Å². The number of aryl methyl sites for hydroxylation is 3. The Bertz CT molecular complexity index is 447. The molecule has 0 unspecified atom stereocenters. The molecule has 2 saturated carbocycles. The third kappa shape index (κ3) is 3.68. The lowest BCUT2D eigenvalue weighted by Gasteiger charge is -2.37. The first-order chi connectivity index (χ1) is 10.2. The predicted octanol–water partition coefficient (Wildman–Crippen LogP) is 3.98. The van der Waals surface area contributed by atoms with Gasteiger partial charge in [0.25, 0.3) is 0 Å². The van der Waals surface area contributed by atoms with Gasteiger partial charge in [-0.25, -0.2) is 0 Å². The van der Waals surface area contributed by atoms with Crippen molar-refractivity contribution in [3.05, 3.63) is 17.5 Å². The Hall–Kier alpha value is -0.830. The van der Waals surface area contributed by atoms with E-state index in [4.69, 9.17) is 0 Å². The molecule has 118 valence electrons. The van der Waals surface area contributed by atoms with Gasteiger partial charge in [0.05, 0.1) is 5.69 Å². The highest BCUT2D eigenvalue weighted by atomic mass is 15.3. The van der Waals surface area contributed by atoms with Crippen molar-refractivity contribution >= 4 is 0 Å². The summed E-state index contributed by atoms with van der Waals surface area (Å²) in [7, 11) is 0. The molecule has 0 aliphatic heterocycles. The molecule has 0 amide bonds. The Morgan fingerprint density at radius 1 is 1.19 bits per heavy atom. The lowest BCUT2D eigenvalue weighted by molar-refractivity contribution is 0.168. The molecule has 3 rings (SSSR count). The minimum Gasteiger partial charge on any atom is -0.314 e. The highest BCUT2D eigenvalue weighted by Gasteiger charge is 2.37. The monoisotopic (exact) mass is 289 g/mol. The fourth-order valence-corrected chi connectivity index (χ4v) is 4.50. The SMILES string of the molecule is Cc1cc(C)n(CCCNC2CCC3(CCCC3)CC2)n1. The van der Waals surface area contributed by atoms with E-state index >= 15 is 0 Å². The Morgan fingerprint density at radius 2 is 1.90 bits per heavy atom. The highest BCUT2D eigenvalue weighted by molar-refractivity contribution is 5.06. The average molecular weight is 289 g/mol. The molecule has 0 radical (unpaired) electrons. The number of nitrogens with one attached hydrogen (secondary N) is 1. The maximum atomic E-state index is 4.53. The van der Waals surface area contributed by atoms with E-state index in [1.54, 1.807) is 0 Å². The number of rotatable bonds is 5. The van der Waals surface area contributed by atoms with E-state index in [2.05, 4.69) is 35.0 Å². The predicted molar refractivity (Wildman–Crippen MR) is 87.5 cm³/mol. The molecule has 2 aliphatic rings. The van der Waals surface area contributed by atoms with Crippen LogP contribution in [0.1, 0.15) is 69.2 Å². The van der Waals surface area contributed by atoms with Crippen molar-refractivity contribution in [1.82, 2.24) is 15.1 Å². The Morgan fingerprint density at radius 3 is 2.52 bits per heavy atom. The van der Waals surface area contributed by atoms with E-state index in [9.17, 15) is 0 Å². The Balaban J connectivity index is 1.34. The Kier molecular flexibility index (Phi) is 4.68. The van der Waals surface area contributed by atoms with Crippen LogP contribution in [0.4, 0.5) is 0 Å². The average Bonchev–Trinajstić information content (AvgIpc) is 3.04. The van der Waals surface area contributed by atoms with Gasteiger partial charge in [-0.1, -0.05) is 12.8 Å². The zero-order valence-corrected chi connectivity index (χ0v) is 13.8. The van der Waals surface area contributed by atoms with Crippen LogP contribution in [0.2, 0.25) is 0 Å². The van der Waals surface area contributed by atoms with Crippen LogP contribution in [-0.4, -0.2) is 22.4 Å². The number of hydrogen-bond acceptors (Lipinski definition) is 2. The molecule has 2 fully saturated rings. The molecule has 1 heterocycles. The molecule has 3 heteroatoms. The third-order valence-electron chi connectivity index (χ3n) is 5.79. The largest absolute Gasteiger partial charge is 0.314 e. The van der Waals surface area contributed by atoms with E-state index in [0.717, 1.165) is 30.2 Å². The number of aromatic nitrogens is 2. The van der Waals surface area contributed by atoms with Gasteiger partial charge in [0, 0.05) is 18.3 Å². The van der Waals surface area contributed by atoms with Gasteiger partial charge in [0.15, 0.2) is 0 Å². The lowest BCUT2D eigenvalue weighted by Crippen LogP contribution is -2.37. The van der Waals surface area contributed by atoms with Crippen LogP contribution in [0.25, 0.3) is 0 Å². The van der Waals surface area contributed by atoms with Crippen LogP contribution >= 0.6 is 0 Å². The molecule has 1 N–H and O–H groups in total. The van der Waals surface area contributed by atoms with E-state index in [-0.39, 0.29) is 0 Å². The molecule has 2 aliphatic carbocycles. The standard InChI is InChI=1S/C18H31N3/c1-15-14-16(2)21(20-15)13-5-12-19-17-6-10-18(11-7-17)8-3-4-9-18/h14,17,19H,3-13H2,1-2H3. The van der Waals surface area contributed by atoms with Gasteiger partial charge in [-0.05, 0) is 76.8 Å². The van der Waals surface area contributed by atoms with Crippen molar-refractivity contribution in [3.63, 3.8) is 0 Å². The Labute approximate surface area is 129 Å². The topological polar surface area (TPSA) is 29.9 Å². The lowest BCUT2D eigenvalue weighted by atomic mass is 9.71.